The molecule has 1 N–H and O–H groups in total. The summed E-state index contributed by atoms with van der Waals surface area (Å²) in [6.45, 7) is 3.99. The van der Waals surface area contributed by atoms with E-state index in [1.807, 2.05) is 19.2 Å². The molecule has 0 aromatic heterocycles. The van der Waals surface area contributed by atoms with Gasteiger partial charge in [0.2, 0.25) is 0 Å². The molecule has 0 aliphatic carbocycles. The van der Waals surface area contributed by atoms with Gasteiger partial charge in [-0.3, -0.25) is 0 Å². The van der Waals surface area contributed by atoms with Crippen LogP contribution in [0.1, 0.15) is 20.3 Å². The van der Waals surface area contributed by atoms with E-state index in [0.717, 1.165) is 0 Å². The summed E-state index contributed by atoms with van der Waals surface area (Å²) in [5.74, 6) is 0.0705. The molecule has 0 saturated carbocycles. The third-order valence-corrected chi connectivity index (χ3v) is 0.949. The molecule has 0 saturated heterocycles. The van der Waals surface area contributed by atoms with Gasteiger partial charge in [0.1, 0.15) is 0 Å². The summed E-state index contributed by atoms with van der Waals surface area (Å²) in [6, 6.07) is 0. The maximum absolute atomic E-state index is 10.5. The molecule has 0 aliphatic heterocycles. The molecule has 0 unspecified atom stereocenters. The second-order valence-corrected chi connectivity index (χ2v) is 2.42. The molecule has 0 spiro atoms. The van der Waals surface area contributed by atoms with Crippen molar-refractivity contribution >= 4 is 12.3 Å². The predicted octanol–water partition coefficient (Wildman–Crippen LogP) is 0.418. The normalized spacial score (nSPS) is 8.27. The second-order valence-electron chi connectivity index (χ2n) is 2.42. The van der Waals surface area contributed by atoms with Crippen molar-refractivity contribution in [1.29, 1.82) is 0 Å². The van der Waals surface area contributed by atoms with Crippen molar-refractivity contribution < 1.29 is 42.3 Å². The first kappa shape index (κ1) is 13.7. The van der Waals surface area contributed by atoms with E-state index in [9.17, 15) is 9.59 Å². The van der Waals surface area contributed by atoms with Crippen molar-refractivity contribution in [3.63, 3.8) is 0 Å². The van der Waals surface area contributed by atoms with Crippen LogP contribution in [0, 0.1) is 12.3 Å². The number of hydrogen-bond donors (Lipinski definition) is 1. The quantitative estimate of drug-likeness (QED) is 0.561. The van der Waals surface area contributed by atoms with Crippen LogP contribution in [0.3, 0.4) is 0 Å². The number of carbonyl (C=O) groups excluding carboxylic acids is 2. The Bertz CT molecular complexity index is 126. The van der Waals surface area contributed by atoms with Gasteiger partial charge in [0.15, 0.2) is 0 Å². The standard InChI is InChI=1S/C7H11NO2.Y/c1-6(2)3-4-7(10)8-5-9;/h4,6H,3H2,1-2H3,(H,8,9,10);/q-2;. The Morgan fingerprint density at radius 3 is 2.55 bits per heavy atom. The third-order valence-electron chi connectivity index (χ3n) is 0.949. The molecule has 0 aromatic carbocycles. The molecule has 0 fully saturated rings. The topological polar surface area (TPSA) is 46.2 Å². The number of hydrogen-bond acceptors (Lipinski definition) is 2. The Morgan fingerprint density at radius 2 is 2.18 bits per heavy atom. The van der Waals surface area contributed by atoms with Crippen molar-refractivity contribution in [3.8, 4) is 0 Å². The number of rotatable bonds is 4. The first-order valence-corrected chi connectivity index (χ1v) is 3.17. The Hall–Kier alpha value is 0.114. The molecule has 0 atom stereocenters. The van der Waals surface area contributed by atoms with Crippen LogP contribution in [0.5, 0.6) is 0 Å². The number of nitrogens with one attached hydrogen (secondary N) is 1. The van der Waals surface area contributed by atoms with Gasteiger partial charge in [-0.1, -0.05) is 25.7 Å². The molecular weight excluding hydrogens is 219 g/mol. The fourth-order valence-electron chi connectivity index (χ4n) is 0.444. The van der Waals surface area contributed by atoms with Crippen LogP contribution in [0.25, 0.3) is 0 Å². The van der Waals surface area contributed by atoms with E-state index in [-0.39, 0.29) is 38.6 Å². The van der Waals surface area contributed by atoms with E-state index >= 15 is 0 Å². The summed E-state index contributed by atoms with van der Waals surface area (Å²) in [6.07, 6.45) is 3.44. The van der Waals surface area contributed by atoms with E-state index in [0.29, 0.717) is 12.3 Å². The monoisotopic (exact) mass is 230 g/mol. The van der Waals surface area contributed by atoms with Gasteiger partial charge in [0, 0.05) is 32.7 Å². The first-order valence-electron chi connectivity index (χ1n) is 3.17. The van der Waals surface area contributed by atoms with Gasteiger partial charge in [0.25, 0.3) is 0 Å². The zero-order valence-electron chi connectivity index (χ0n) is 6.76. The molecule has 0 heterocycles. The minimum absolute atomic E-state index is 0. The molecule has 1 radical (unpaired) electrons. The van der Waals surface area contributed by atoms with Crippen LogP contribution < -0.4 is 5.32 Å². The smallest absolute Gasteiger partial charge is 0.0694 e. The minimum atomic E-state index is -0.372. The zero-order chi connectivity index (χ0) is 7.98. The van der Waals surface area contributed by atoms with Crippen LogP contribution in [0.15, 0.2) is 0 Å². The summed E-state index contributed by atoms with van der Waals surface area (Å²) in [5.41, 5.74) is 0. The van der Waals surface area contributed by atoms with E-state index in [2.05, 4.69) is 0 Å². The van der Waals surface area contributed by atoms with Crippen molar-refractivity contribution in [1.82, 2.24) is 5.32 Å². The van der Waals surface area contributed by atoms with Gasteiger partial charge >= 0.3 is 0 Å². The van der Waals surface area contributed by atoms with Gasteiger partial charge in [-0.2, -0.15) is 6.42 Å². The number of carbonyl (C=O) groups is 1. The Labute approximate surface area is 92.2 Å². The Balaban J connectivity index is 0. The van der Waals surface area contributed by atoms with Crippen molar-refractivity contribution in [3.05, 3.63) is 6.42 Å². The molecule has 61 valence electrons. The summed E-state index contributed by atoms with van der Waals surface area (Å²) in [7, 11) is 0. The maximum Gasteiger partial charge on any atom is 0.0694 e. The fraction of sp³-hybridized carbons (Fsp3) is 0.571. The average molecular weight is 230 g/mol. The van der Waals surface area contributed by atoms with Crippen LogP contribution in [-0.2, 0) is 42.3 Å². The SMILES string of the molecule is CC(C)C[CH-]C(=O)N[C-]=O.[Y]. The van der Waals surface area contributed by atoms with Gasteiger partial charge in [-0.25, -0.2) is 0 Å². The van der Waals surface area contributed by atoms with Crippen LogP contribution in [0.4, 0.5) is 0 Å². The molecule has 2 amide bonds. The van der Waals surface area contributed by atoms with E-state index < -0.39 is 0 Å². The molecule has 0 aromatic rings. The van der Waals surface area contributed by atoms with Crippen LogP contribution >= 0.6 is 0 Å². The van der Waals surface area contributed by atoms with Gasteiger partial charge in [0.05, 0.1) is 6.41 Å². The molecule has 11 heavy (non-hydrogen) atoms. The number of imide groups is 1. The summed E-state index contributed by atoms with van der Waals surface area (Å²) in [5, 5.41) is 1.90. The largest absolute Gasteiger partial charge is 0.487 e. The van der Waals surface area contributed by atoms with Crippen LogP contribution in [0.2, 0.25) is 0 Å². The maximum atomic E-state index is 10.5. The van der Waals surface area contributed by atoms with Crippen molar-refractivity contribution in [2.75, 3.05) is 0 Å². The minimum Gasteiger partial charge on any atom is -0.487 e. The summed E-state index contributed by atoms with van der Waals surface area (Å²) >= 11 is 0. The van der Waals surface area contributed by atoms with Crippen LogP contribution in [-0.4, -0.2) is 12.3 Å². The van der Waals surface area contributed by atoms with Crippen molar-refractivity contribution in [2.45, 2.75) is 20.3 Å². The van der Waals surface area contributed by atoms with Gasteiger partial charge < -0.3 is 21.3 Å². The molecule has 0 rings (SSSR count). The molecule has 3 nitrogen and oxygen atoms in total. The second kappa shape index (κ2) is 8.21. The van der Waals surface area contributed by atoms with E-state index in [4.69, 9.17) is 0 Å². The van der Waals surface area contributed by atoms with Crippen molar-refractivity contribution in [2.24, 2.45) is 5.92 Å². The predicted molar refractivity (Wildman–Crippen MR) is 37.6 cm³/mol. The zero-order valence-corrected chi connectivity index (χ0v) is 9.59. The molecule has 4 heteroatoms. The molecule has 0 bridgehead atoms. The van der Waals surface area contributed by atoms with Gasteiger partial charge in [-0.15, -0.1) is 0 Å². The van der Waals surface area contributed by atoms with E-state index in [1.165, 1.54) is 12.8 Å². The first-order chi connectivity index (χ1) is 4.66. The summed E-state index contributed by atoms with van der Waals surface area (Å²) in [4.78, 5) is 20.1. The average Bonchev–Trinajstić information content (AvgIpc) is 1.85. The molecule has 0 aliphatic rings. The Kier molecular flexibility index (Phi) is 10.2. The fourth-order valence-corrected chi connectivity index (χ4v) is 0.444. The van der Waals surface area contributed by atoms with E-state index in [1.54, 1.807) is 0 Å². The number of amides is 2. The van der Waals surface area contributed by atoms with Gasteiger partial charge in [-0.05, 0) is 0 Å². The molecular formula is C7H11NO2Y-2. The third kappa shape index (κ3) is 10.1. The Morgan fingerprint density at radius 1 is 1.64 bits per heavy atom. The summed E-state index contributed by atoms with van der Waals surface area (Å²) < 4.78 is 0.